The van der Waals surface area contributed by atoms with Crippen LogP contribution in [0.3, 0.4) is 0 Å². The van der Waals surface area contributed by atoms with Gasteiger partial charge in [-0.25, -0.2) is 4.79 Å². The van der Waals surface area contributed by atoms with Crippen LogP contribution in [0.5, 0.6) is 5.75 Å². The van der Waals surface area contributed by atoms with E-state index in [4.69, 9.17) is 4.74 Å². The summed E-state index contributed by atoms with van der Waals surface area (Å²) in [5, 5.41) is 20.6. The Morgan fingerprint density at radius 2 is 1.91 bits per heavy atom. The maximum atomic E-state index is 13.5. The number of amides is 3. The number of fused-ring (bicyclic) bond motifs is 2. The van der Waals surface area contributed by atoms with Gasteiger partial charge in [0.2, 0.25) is 0 Å². The van der Waals surface area contributed by atoms with Crippen molar-refractivity contribution in [3.8, 4) is 5.75 Å². The van der Waals surface area contributed by atoms with Crippen LogP contribution in [-0.2, 0) is 0 Å². The number of hydrogen-bond acceptors (Lipinski definition) is 5. The average Bonchev–Trinajstić information content (AvgIpc) is 2.86. The maximum Gasteiger partial charge on any atom is 0.323 e. The number of hydrogen-bond donors (Lipinski definition) is 4. The highest BCUT2D eigenvalue weighted by molar-refractivity contribution is 6.07. The lowest BCUT2D eigenvalue weighted by molar-refractivity contribution is 0.0416. The summed E-state index contributed by atoms with van der Waals surface area (Å²) in [4.78, 5) is 27.9. The molecule has 35 heavy (non-hydrogen) atoms. The Kier molecular flexibility index (Phi) is 7.53. The Morgan fingerprint density at radius 1 is 1.14 bits per heavy atom. The first-order valence-electron chi connectivity index (χ1n) is 11.8. The quantitative estimate of drug-likeness (QED) is 0.432. The van der Waals surface area contributed by atoms with Gasteiger partial charge in [-0.3, -0.25) is 4.79 Å². The zero-order chi connectivity index (χ0) is 24.9. The second kappa shape index (κ2) is 10.8. The Labute approximate surface area is 205 Å². The molecular formula is C27H32N4O4. The molecule has 0 saturated carbocycles. The number of carbonyl (C=O) groups excluding carboxylic acids is 2. The molecule has 1 heterocycles. The molecule has 3 aromatic rings. The number of anilines is 2. The van der Waals surface area contributed by atoms with Gasteiger partial charge in [-0.2, -0.15) is 0 Å². The summed E-state index contributed by atoms with van der Waals surface area (Å²) < 4.78 is 6.22. The highest BCUT2D eigenvalue weighted by atomic mass is 16.5. The maximum absolute atomic E-state index is 13.5. The highest BCUT2D eigenvalue weighted by Gasteiger charge is 2.32. The van der Waals surface area contributed by atoms with Gasteiger partial charge < -0.3 is 30.7 Å². The van der Waals surface area contributed by atoms with E-state index in [0.29, 0.717) is 35.8 Å². The number of benzene rings is 3. The summed E-state index contributed by atoms with van der Waals surface area (Å²) >= 11 is 0. The number of ether oxygens (including phenoxy) is 1. The van der Waals surface area contributed by atoms with Gasteiger partial charge in [0.25, 0.3) is 5.91 Å². The molecule has 1 aliphatic heterocycles. The van der Waals surface area contributed by atoms with Gasteiger partial charge in [-0.15, -0.1) is 0 Å². The van der Waals surface area contributed by atoms with E-state index < -0.39 is 6.03 Å². The van der Waals surface area contributed by atoms with E-state index >= 15 is 0 Å². The molecule has 1 aliphatic rings. The van der Waals surface area contributed by atoms with Gasteiger partial charge in [-0.05, 0) is 43.6 Å². The minimum absolute atomic E-state index is 0.0535. The fourth-order valence-corrected chi connectivity index (χ4v) is 4.36. The molecule has 3 amide bonds. The molecule has 3 atom stereocenters. The molecule has 0 unspecified atom stereocenters. The van der Waals surface area contributed by atoms with E-state index in [0.717, 1.165) is 10.8 Å². The summed E-state index contributed by atoms with van der Waals surface area (Å²) in [6.07, 6.45) is -0.159. The fourth-order valence-electron chi connectivity index (χ4n) is 4.36. The van der Waals surface area contributed by atoms with Gasteiger partial charge >= 0.3 is 6.03 Å². The van der Waals surface area contributed by atoms with Gasteiger partial charge in [-0.1, -0.05) is 43.3 Å². The van der Waals surface area contributed by atoms with Gasteiger partial charge in [0, 0.05) is 30.1 Å². The molecule has 0 radical (unpaired) electrons. The molecule has 4 rings (SSSR count). The lowest BCUT2D eigenvalue weighted by atomic mass is 9.99. The summed E-state index contributed by atoms with van der Waals surface area (Å²) in [5.41, 5.74) is 1.51. The molecule has 0 aliphatic carbocycles. The van der Waals surface area contributed by atoms with Crippen molar-refractivity contribution in [3.05, 3.63) is 66.2 Å². The lowest BCUT2D eigenvalue weighted by Gasteiger charge is -2.37. The van der Waals surface area contributed by atoms with Crippen LogP contribution in [0.1, 0.15) is 24.2 Å². The Balaban J connectivity index is 1.60. The van der Waals surface area contributed by atoms with E-state index in [1.54, 1.807) is 23.1 Å². The molecule has 0 aromatic heterocycles. The summed E-state index contributed by atoms with van der Waals surface area (Å²) in [6, 6.07) is 17.8. The Hall–Kier alpha value is -3.62. The van der Waals surface area contributed by atoms with Crippen LogP contribution in [0.2, 0.25) is 0 Å². The predicted molar refractivity (Wildman–Crippen MR) is 138 cm³/mol. The SMILES string of the molecule is CNC[C@H]1Oc2ccc(NC(=O)Nc3cccc4ccccc34)cc2C(=O)N([C@@H](C)CO)C[C@H]1C. The van der Waals surface area contributed by atoms with Crippen LogP contribution >= 0.6 is 0 Å². The number of nitrogens with one attached hydrogen (secondary N) is 3. The van der Waals surface area contributed by atoms with Gasteiger partial charge in [0.1, 0.15) is 11.9 Å². The number of urea groups is 1. The third-order valence-electron chi connectivity index (χ3n) is 6.37. The molecule has 0 saturated heterocycles. The van der Waals surface area contributed by atoms with Gasteiger partial charge in [0.15, 0.2) is 0 Å². The van der Waals surface area contributed by atoms with E-state index in [-0.39, 0.29) is 30.6 Å². The average molecular weight is 477 g/mol. The molecule has 0 fully saturated rings. The Morgan fingerprint density at radius 3 is 2.69 bits per heavy atom. The second-order valence-electron chi connectivity index (χ2n) is 9.00. The molecule has 184 valence electrons. The number of carbonyl (C=O) groups is 2. The first-order chi connectivity index (χ1) is 16.9. The third kappa shape index (κ3) is 5.39. The zero-order valence-electron chi connectivity index (χ0n) is 20.2. The van der Waals surface area contributed by atoms with Crippen LogP contribution in [0.15, 0.2) is 60.7 Å². The van der Waals surface area contributed by atoms with Crippen molar-refractivity contribution in [1.29, 1.82) is 0 Å². The first kappa shape index (κ1) is 24.5. The number of likely N-dealkylation sites (N-methyl/N-ethyl adjacent to an activating group) is 1. The van der Waals surface area contributed by atoms with Crippen molar-refractivity contribution in [2.45, 2.75) is 26.0 Å². The smallest absolute Gasteiger partial charge is 0.323 e. The summed E-state index contributed by atoms with van der Waals surface area (Å²) in [5.74, 6) is 0.268. The van der Waals surface area contributed by atoms with Gasteiger partial charge in [0.05, 0.1) is 23.9 Å². The first-order valence-corrected chi connectivity index (χ1v) is 11.8. The summed E-state index contributed by atoms with van der Waals surface area (Å²) in [7, 11) is 1.86. The van der Waals surface area contributed by atoms with Crippen molar-refractivity contribution >= 4 is 34.1 Å². The zero-order valence-corrected chi connectivity index (χ0v) is 20.2. The standard InChI is InChI=1S/C27H32N4O4/c1-17-15-31(18(2)16-32)26(33)22-13-20(11-12-24(22)35-25(17)14-28-3)29-27(34)30-23-10-6-8-19-7-4-5-9-21(19)23/h4-13,17-18,25,28,32H,14-16H2,1-3H3,(H2,29,30,34)/t17-,18+,25-/m1/s1. The van der Waals surface area contributed by atoms with E-state index in [9.17, 15) is 14.7 Å². The van der Waals surface area contributed by atoms with Crippen molar-refractivity contribution < 1.29 is 19.4 Å². The van der Waals surface area contributed by atoms with Crippen LogP contribution < -0.4 is 20.7 Å². The lowest BCUT2D eigenvalue weighted by Crippen LogP contribution is -2.49. The molecule has 0 bridgehead atoms. The largest absolute Gasteiger partial charge is 0.488 e. The van der Waals surface area contributed by atoms with Crippen molar-refractivity contribution in [1.82, 2.24) is 10.2 Å². The monoisotopic (exact) mass is 476 g/mol. The summed E-state index contributed by atoms with van der Waals surface area (Å²) in [6.45, 7) is 4.77. The highest BCUT2D eigenvalue weighted by Crippen LogP contribution is 2.30. The van der Waals surface area contributed by atoms with Crippen molar-refractivity contribution in [3.63, 3.8) is 0 Å². The van der Waals surface area contributed by atoms with E-state index in [1.165, 1.54) is 0 Å². The van der Waals surface area contributed by atoms with Crippen molar-refractivity contribution in [2.75, 3.05) is 37.4 Å². The number of rotatable bonds is 6. The molecule has 8 nitrogen and oxygen atoms in total. The number of aliphatic hydroxyl groups excluding tert-OH is 1. The van der Waals surface area contributed by atoms with Crippen LogP contribution in [-0.4, -0.2) is 60.8 Å². The molecular weight excluding hydrogens is 444 g/mol. The topological polar surface area (TPSA) is 103 Å². The fraction of sp³-hybridized carbons (Fsp3) is 0.333. The number of aliphatic hydroxyl groups is 1. The van der Waals surface area contributed by atoms with E-state index in [2.05, 4.69) is 16.0 Å². The molecule has 4 N–H and O–H groups in total. The molecule has 3 aromatic carbocycles. The van der Waals surface area contributed by atoms with Crippen LogP contribution in [0, 0.1) is 5.92 Å². The van der Waals surface area contributed by atoms with Crippen LogP contribution in [0.25, 0.3) is 10.8 Å². The molecule has 0 spiro atoms. The van der Waals surface area contributed by atoms with Crippen LogP contribution in [0.4, 0.5) is 16.2 Å². The number of nitrogens with zero attached hydrogens (tertiary/aromatic N) is 1. The molecule has 8 heteroatoms. The normalized spacial score (nSPS) is 18.7. The minimum Gasteiger partial charge on any atom is -0.488 e. The van der Waals surface area contributed by atoms with Crippen molar-refractivity contribution in [2.24, 2.45) is 5.92 Å². The Bertz CT molecular complexity index is 1210. The second-order valence-corrected chi connectivity index (χ2v) is 9.00. The minimum atomic E-state index is -0.414. The third-order valence-corrected chi connectivity index (χ3v) is 6.37. The predicted octanol–water partition coefficient (Wildman–Crippen LogP) is 3.92. The van der Waals surface area contributed by atoms with E-state index in [1.807, 2.05) is 63.4 Å².